The molecule has 1 aliphatic heterocycles. The molecule has 0 bridgehead atoms. The fourth-order valence-corrected chi connectivity index (χ4v) is 3.82. The molecule has 1 saturated heterocycles. The lowest BCUT2D eigenvalue weighted by atomic mass is 9.97. The number of anilines is 1. The number of carbonyl (C=O) groups excluding carboxylic acids is 1. The van der Waals surface area contributed by atoms with Crippen LogP contribution in [0.3, 0.4) is 0 Å². The number of halogens is 1. The van der Waals surface area contributed by atoms with Crippen LogP contribution >= 0.6 is 11.6 Å². The van der Waals surface area contributed by atoms with Gasteiger partial charge in [0.15, 0.2) is 0 Å². The number of piperidine rings is 1. The highest BCUT2D eigenvalue weighted by molar-refractivity contribution is 6.30. The molecule has 1 aliphatic rings. The van der Waals surface area contributed by atoms with Gasteiger partial charge in [0.2, 0.25) is 11.7 Å². The Morgan fingerprint density at radius 3 is 2.57 bits per heavy atom. The smallest absolute Gasteiger partial charge is 0.321 e. The second kappa shape index (κ2) is 8.88. The summed E-state index contributed by atoms with van der Waals surface area (Å²) in [5.41, 5.74) is 2.90. The molecule has 0 spiro atoms. The van der Waals surface area contributed by atoms with Gasteiger partial charge in [-0.2, -0.15) is 4.98 Å². The van der Waals surface area contributed by atoms with Gasteiger partial charge >= 0.3 is 6.03 Å². The van der Waals surface area contributed by atoms with Crippen molar-refractivity contribution in [1.82, 2.24) is 15.0 Å². The van der Waals surface area contributed by atoms with Crippen LogP contribution in [0.1, 0.15) is 50.0 Å². The number of rotatable bonds is 4. The van der Waals surface area contributed by atoms with Crippen molar-refractivity contribution in [2.45, 2.75) is 38.5 Å². The Bertz CT molecular complexity index is 1010. The first-order valence-electron chi connectivity index (χ1n) is 10.2. The van der Waals surface area contributed by atoms with Gasteiger partial charge in [-0.3, -0.25) is 0 Å². The van der Waals surface area contributed by atoms with Crippen LogP contribution in [0, 0.1) is 0 Å². The Morgan fingerprint density at radius 2 is 1.90 bits per heavy atom. The van der Waals surface area contributed by atoms with Crippen molar-refractivity contribution in [3.05, 3.63) is 65.0 Å². The lowest BCUT2D eigenvalue weighted by Crippen LogP contribution is -2.40. The van der Waals surface area contributed by atoms with Crippen LogP contribution in [0.15, 0.2) is 53.1 Å². The van der Waals surface area contributed by atoms with Crippen LogP contribution in [0.2, 0.25) is 5.02 Å². The highest BCUT2D eigenvalue weighted by atomic mass is 35.5. The van der Waals surface area contributed by atoms with Crippen LogP contribution in [-0.2, 0) is 0 Å². The van der Waals surface area contributed by atoms with Gasteiger partial charge in [0.1, 0.15) is 0 Å². The Labute approximate surface area is 181 Å². The number of urea groups is 1. The molecule has 1 fully saturated rings. The number of hydrogen-bond acceptors (Lipinski definition) is 4. The standard InChI is InChI=1S/C23H25ClN4O2/c1-15(2)16-6-8-20(9-7-16)25-23(29)28-12-10-17(11-13-28)22-26-21(27-30-22)18-4-3-5-19(24)14-18/h3-9,14-15,17H,10-13H2,1-2H3,(H,25,29). The van der Waals surface area contributed by atoms with Crippen molar-refractivity contribution in [1.29, 1.82) is 0 Å². The van der Waals surface area contributed by atoms with E-state index in [0.717, 1.165) is 24.1 Å². The summed E-state index contributed by atoms with van der Waals surface area (Å²) < 4.78 is 5.50. The fraction of sp³-hybridized carbons (Fsp3) is 0.348. The minimum Gasteiger partial charge on any atom is -0.339 e. The van der Waals surface area contributed by atoms with Gasteiger partial charge in [0, 0.05) is 35.3 Å². The van der Waals surface area contributed by atoms with Gasteiger partial charge in [0.05, 0.1) is 0 Å². The SMILES string of the molecule is CC(C)c1ccc(NC(=O)N2CCC(c3nc(-c4cccc(Cl)c4)no3)CC2)cc1. The molecule has 3 aromatic rings. The molecule has 2 amide bonds. The zero-order chi connectivity index (χ0) is 21.1. The molecule has 0 aliphatic carbocycles. The lowest BCUT2D eigenvalue weighted by Gasteiger charge is -2.30. The largest absolute Gasteiger partial charge is 0.339 e. The summed E-state index contributed by atoms with van der Waals surface area (Å²) in [5.74, 6) is 1.78. The summed E-state index contributed by atoms with van der Waals surface area (Å²) in [6, 6.07) is 15.3. The van der Waals surface area contributed by atoms with Crippen molar-refractivity contribution in [2.75, 3.05) is 18.4 Å². The Kier molecular flexibility index (Phi) is 6.04. The third-order valence-corrected chi connectivity index (χ3v) is 5.72. The maximum Gasteiger partial charge on any atom is 0.321 e. The normalized spacial score (nSPS) is 14.9. The Hall–Kier alpha value is -2.86. The molecule has 0 saturated carbocycles. The molecule has 6 nitrogen and oxygen atoms in total. The minimum atomic E-state index is -0.0732. The average Bonchev–Trinajstić information content (AvgIpc) is 3.24. The highest BCUT2D eigenvalue weighted by Gasteiger charge is 2.27. The van der Waals surface area contributed by atoms with Crippen molar-refractivity contribution >= 4 is 23.3 Å². The van der Waals surface area contributed by atoms with E-state index in [0.29, 0.717) is 35.7 Å². The summed E-state index contributed by atoms with van der Waals surface area (Å²) in [4.78, 5) is 19.0. The number of nitrogens with one attached hydrogen (secondary N) is 1. The molecule has 30 heavy (non-hydrogen) atoms. The fourth-order valence-electron chi connectivity index (χ4n) is 3.63. The molecule has 1 N–H and O–H groups in total. The number of hydrogen-bond donors (Lipinski definition) is 1. The molecule has 0 unspecified atom stereocenters. The Morgan fingerprint density at radius 1 is 1.17 bits per heavy atom. The second-order valence-corrected chi connectivity index (χ2v) is 8.37. The summed E-state index contributed by atoms with van der Waals surface area (Å²) in [7, 11) is 0. The van der Waals surface area contributed by atoms with E-state index in [1.807, 2.05) is 41.3 Å². The zero-order valence-electron chi connectivity index (χ0n) is 17.1. The molecule has 1 aromatic heterocycles. The maximum atomic E-state index is 12.6. The van der Waals surface area contributed by atoms with Gasteiger partial charge in [-0.05, 0) is 48.6 Å². The van der Waals surface area contributed by atoms with E-state index in [-0.39, 0.29) is 11.9 Å². The van der Waals surface area contributed by atoms with Crippen LogP contribution in [0.25, 0.3) is 11.4 Å². The van der Waals surface area contributed by atoms with Gasteiger partial charge < -0.3 is 14.7 Å². The number of amides is 2. The first-order valence-corrected chi connectivity index (χ1v) is 10.6. The number of nitrogens with zero attached hydrogens (tertiary/aromatic N) is 3. The minimum absolute atomic E-state index is 0.0732. The van der Waals surface area contributed by atoms with E-state index in [4.69, 9.17) is 16.1 Å². The summed E-state index contributed by atoms with van der Waals surface area (Å²) in [5, 5.41) is 7.72. The number of aromatic nitrogens is 2. The van der Waals surface area contributed by atoms with E-state index in [1.165, 1.54) is 5.56 Å². The quantitative estimate of drug-likeness (QED) is 0.563. The van der Waals surface area contributed by atoms with E-state index >= 15 is 0 Å². The van der Waals surface area contributed by atoms with Crippen LogP contribution in [0.5, 0.6) is 0 Å². The van der Waals surface area contributed by atoms with E-state index in [2.05, 4.69) is 41.4 Å². The highest BCUT2D eigenvalue weighted by Crippen LogP contribution is 2.29. The second-order valence-electron chi connectivity index (χ2n) is 7.93. The number of carbonyl (C=O) groups is 1. The summed E-state index contributed by atoms with van der Waals surface area (Å²) in [6.07, 6.45) is 1.58. The third-order valence-electron chi connectivity index (χ3n) is 5.48. The summed E-state index contributed by atoms with van der Waals surface area (Å²) in [6.45, 7) is 5.60. The number of benzene rings is 2. The molecular formula is C23H25ClN4O2. The Balaban J connectivity index is 1.33. The van der Waals surface area contributed by atoms with Crippen molar-refractivity contribution in [3.63, 3.8) is 0 Å². The topological polar surface area (TPSA) is 71.3 Å². The first kappa shape index (κ1) is 20.4. The monoisotopic (exact) mass is 424 g/mol. The van der Waals surface area contributed by atoms with Crippen LogP contribution in [-0.4, -0.2) is 34.2 Å². The molecule has 2 heterocycles. The predicted octanol–water partition coefficient (Wildman–Crippen LogP) is 5.92. The zero-order valence-corrected chi connectivity index (χ0v) is 17.9. The van der Waals surface area contributed by atoms with Gasteiger partial charge in [-0.1, -0.05) is 54.9 Å². The summed E-state index contributed by atoms with van der Waals surface area (Å²) >= 11 is 6.05. The molecule has 4 rings (SSSR count). The maximum absolute atomic E-state index is 12.6. The van der Waals surface area contributed by atoms with Gasteiger partial charge in [0.25, 0.3) is 0 Å². The van der Waals surface area contributed by atoms with Crippen molar-refractivity contribution < 1.29 is 9.32 Å². The van der Waals surface area contributed by atoms with Gasteiger partial charge in [-0.25, -0.2) is 4.79 Å². The van der Waals surface area contributed by atoms with Crippen LogP contribution < -0.4 is 5.32 Å². The van der Waals surface area contributed by atoms with E-state index in [9.17, 15) is 4.79 Å². The van der Waals surface area contributed by atoms with Crippen molar-refractivity contribution in [2.24, 2.45) is 0 Å². The average molecular weight is 425 g/mol. The predicted molar refractivity (Wildman–Crippen MR) is 118 cm³/mol. The lowest BCUT2D eigenvalue weighted by molar-refractivity contribution is 0.187. The molecule has 0 atom stereocenters. The van der Waals surface area contributed by atoms with Gasteiger partial charge in [-0.15, -0.1) is 0 Å². The van der Waals surface area contributed by atoms with Crippen molar-refractivity contribution in [3.8, 4) is 11.4 Å². The molecule has 0 radical (unpaired) electrons. The molecule has 156 valence electrons. The molecular weight excluding hydrogens is 400 g/mol. The molecule has 7 heteroatoms. The van der Waals surface area contributed by atoms with E-state index < -0.39 is 0 Å². The third kappa shape index (κ3) is 4.65. The molecule has 2 aromatic carbocycles. The van der Waals surface area contributed by atoms with Crippen LogP contribution in [0.4, 0.5) is 10.5 Å². The first-order chi connectivity index (χ1) is 14.5. The van der Waals surface area contributed by atoms with E-state index in [1.54, 1.807) is 0 Å². The number of likely N-dealkylation sites (tertiary alicyclic amines) is 1.